The molecule has 0 radical (unpaired) electrons. The number of carbonyl (C=O) groups excluding carboxylic acids is 1. The number of hydrogen-bond donors (Lipinski definition) is 0. The predicted octanol–water partition coefficient (Wildman–Crippen LogP) is 14.8. The molecular weight excluding hydrogens is 765 g/mol. The molecule has 0 unspecified atom stereocenters. The lowest BCUT2D eigenvalue weighted by Gasteiger charge is -2.34. The highest BCUT2D eigenvalue weighted by atomic mass is 32.1. The molecule has 5 aromatic carbocycles. The van der Waals surface area contributed by atoms with Gasteiger partial charge in [-0.25, -0.2) is 0 Å². The summed E-state index contributed by atoms with van der Waals surface area (Å²) in [5, 5.41) is 9.29. The lowest BCUT2D eigenvalue weighted by molar-refractivity contribution is -0.124. The molecule has 0 fully saturated rings. The number of hydrogen-bond acceptors (Lipinski definition) is 8. The maximum absolute atomic E-state index is 10.8. The van der Waals surface area contributed by atoms with E-state index in [-0.39, 0.29) is 17.6 Å². The monoisotopic (exact) mass is 812 g/mol. The molecule has 0 saturated heterocycles. The predicted molar refractivity (Wildman–Crippen MR) is 245 cm³/mol. The molecule has 0 spiro atoms. The van der Waals surface area contributed by atoms with E-state index >= 15 is 0 Å². The average molecular weight is 813 g/mol. The second-order valence-electron chi connectivity index (χ2n) is 15.4. The minimum atomic E-state index is -0.0896. The van der Waals surface area contributed by atoms with Crippen molar-refractivity contribution in [1.29, 1.82) is 5.26 Å². The molecule has 1 aliphatic rings. The summed E-state index contributed by atoms with van der Waals surface area (Å²) in [6, 6.07) is 45.3. The van der Waals surface area contributed by atoms with Gasteiger partial charge in [0.05, 0.1) is 11.7 Å². The van der Waals surface area contributed by atoms with Gasteiger partial charge in [0.2, 0.25) is 5.76 Å². The van der Waals surface area contributed by atoms with Crippen molar-refractivity contribution in [2.24, 2.45) is 0 Å². The fourth-order valence-electron chi connectivity index (χ4n) is 8.81. The first-order chi connectivity index (χ1) is 29.1. The number of anilines is 3. The molecule has 8 heteroatoms. The van der Waals surface area contributed by atoms with Crippen molar-refractivity contribution in [3.05, 3.63) is 144 Å². The number of carbonyl (C=O) groups is 1. The van der Waals surface area contributed by atoms with Crippen molar-refractivity contribution >= 4 is 63.7 Å². The summed E-state index contributed by atoms with van der Waals surface area (Å²) in [4.78, 5) is 15.8. The number of unbranched alkanes of at least 4 members (excludes halogenated alkanes) is 6. The van der Waals surface area contributed by atoms with Crippen molar-refractivity contribution in [2.45, 2.75) is 83.5 Å². The van der Waals surface area contributed by atoms with Gasteiger partial charge >= 0.3 is 0 Å². The van der Waals surface area contributed by atoms with Crippen LogP contribution in [0.15, 0.2) is 127 Å². The minimum Gasteiger partial charge on any atom is -0.417 e. The van der Waals surface area contributed by atoms with Gasteiger partial charge in [-0.15, -0.1) is 11.3 Å². The van der Waals surface area contributed by atoms with Crippen molar-refractivity contribution in [2.75, 3.05) is 4.90 Å². The van der Waals surface area contributed by atoms with Crippen LogP contribution in [0.5, 0.6) is 0 Å². The van der Waals surface area contributed by atoms with Crippen molar-refractivity contribution in [3.8, 4) is 38.1 Å². The molecule has 0 saturated carbocycles. The molecule has 7 aromatic rings. The molecule has 0 bridgehead atoms. The van der Waals surface area contributed by atoms with Crippen LogP contribution in [0.3, 0.4) is 0 Å². The van der Waals surface area contributed by atoms with E-state index in [1.807, 2.05) is 41.7 Å². The number of nitrogens with zero attached hydrogens (tertiary/aromatic N) is 4. The number of thiophene rings is 1. The van der Waals surface area contributed by atoms with E-state index in [9.17, 15) is 10.1 Å². The summed E-state index contributed by atoms with van der Waals surface area (Å²) < 4.78 is 14.5. The number of para-hydroxylation sites is 2. The Balaban J connectivity index is 1.23. The standard InChI is InChI=1S/C51H48N4O2S2/c1-3-5-7-15-29-51(30-16-8-6-4-2)45-32-40(55(38-17-11-9-12-18-38)39-19-13-10-14-20-39)25-26-43(45)50-46(51)33-47(58-50)44-28-27-42(48-49(44)54-59-53-48)37-23-21-36(22-24-37)31-41(34-52)57-35-56/h9-14,17-28,31-33,35H,3-8,15-16,29-30H2,1-2H3/b41-31-. The summed E-state index contributed by atoms with van der Waals surface area (Å²) in [5.74, 6) is -0.0543. The van der Waals surface area contributed by atoms with Gasteiger partial charge in [-0.3, -0.25) is 4.79 Å². The van der Waals surface area contributed by atoms with Crippen LogP contribution in [-0.4, -0.2) is 15.2 Å². The molecule has 0 atom stereocenters. The van der Waals surface area contributed by atoms with Gasteiger partial charge in [-0.2, -0.15) is 14.0 Å². The zero-order chi connectivity index (χ0) is 40.6. The maximum atomic E-state index is 10.8. The Labute approximate surface area is 355 Å². The lowest BCUT2D eigenvalue weighted by atomic mass is 9.70. The highest BCUT2D eigenvalue weighted by Crippen LogP contribution is 2.59. The number of nitriles is 1. The number of fused-ring (bicyclic) bond motifs is 4. The normalized spacial score (nSPS) is 12.9. The van der Waals surface area contributed by atoms with Crippen LogP contribution in [0.4, 0.5) is 17.1 Å². The van der Waals surface area contributed by atoms with E-state index in [2.05, 4.69) is 116 Å². The summed E-state index contributed by atoms with van der Waals surface area (Å²) in [6.45, 7) is 4.86. The summed E-state index contributed by atoms with van der Waals surface area (Å²) in [6.07, 6.45) is 13.6. The Morgan fingerprint density at radius 3 is 1.92 bits per heavy atom. The Hall–Kier alpha value is -5.88. The number of rotatable bonds is 18. The van der Waals surface area contributed by atoms with Crippen LogP contribution in [0.25, 0.3) is 49.1 Å². The molecule has 296 valence electrons. The second-order valence-corrected chi connectivity index (χ2v) is 17.0. The van der Waals surface area contributed by atoms with Crippen LogP contribution in [-0.2, 0) is 14.9 Å². The van der Waals surface area contributed by atoms with Crippen LogP contribution in [0.2, 0.25) is 0 Å². The number of allylic oxidation sites excluding steroid dienone is 1. The van der Waals surface area contributed by atoms with Crippen LogP contribution in [0.1, 0.15) is 94.7 Å². The number of aromatic nitrogens is 2. The van der Waals surface area contributed by atoms with Gasteiger partial charge in [0, 0.05) is 43.4 Å². The first-order valence-electron chi connectivity index (χ1n) is 20.9. The van der Waals surface area contributed by atoms with Gasteiger partial charge in [0.25, 0.3) is 6.47 Å². The summed E-state index contributed by atoms with van der Waals surface area (Å²) in [7, 11) is 0. The molecule has 0 aliphatic heterocycles. The molecule has 0 N–H and O–H groups in total. The zero-order valence-corrected chi connectivity index (χ0v) is 35.3. The molecule has 6 nitrogen and oxygen atoms in total. The lowest BCUT2D eigenvalue weighted by Crippen LogP contribution is -2.25. The zero-order valence-electron chi connectivity index (χ0n) is 33.7. The topological polar surface area (TPSA) is 79.1 Å². The van der Waals surface area contributed by atoms with E-state index in [4.69, 9.17) is 13.5 Å². The second kappa shape index (κ2) is 18.4. The fraction of sp³-hybridized carbons (Fsp3) is 0.255. The molecular formula is C51H48N4O2S2. The Morgan fingerprint density at radius 1 is 0.695 bits per heavy atom. The van der Waals surface area contributed by atoms with Crippen molar-refractivity contribution in [1.82, 2.24) is 8.75 Å². The smallest absolute Gasteiger partial charge is 0.299 e. The van der Waals surface area contributed by atoms with E-state index in [0.29, 0.717) is 0 Å². The third-order valence-electron chi connectivity index (χ3n) is 11.7. The van der Waals surface area contributed by atoms with E-state index in [1.165, 1.54) is 95.2 Å². The maximum Gasteiger partial charge on any atom is 0.299 e. The molecule has 2 aromatic heterocycles. The highest BCUT2D eigenvalue weighted by Gasteiger charge is 2.44. The largest absolute Gasteiger partial charge is 0.417 e. The fourth-order valence-corrected chi connectivity index (χ4v) is 10.7. The Kier molecular flexibility index (Phi) is 12.4. The molecule has 1 aliphatic carbocycles. The van der Waals surface area contributed by atoms with Crippen LogP contribution < -0.4 is 4.90 Å². The van der Waals surface area contributed by atoms with E-state index in [1.54, 1.807) is 6.08 Å². The quantitative estimate of drug-likeness (QED) is 0.0372. The number of ether oxygens (including phenoxy) is 1. The van der Waals surface area contributed by atoms with Crippen LogP contribution >= 0.6 is 23.1 Å². The molecule has 0 amide bonds. The Morgan fingerprint density at radius 2 is 1.31 bits per heavy atom. The Bertz CT molecular complexity index is 2550. The average Bonchev–Trinajstić information content (AvgIpc) is 4.01. The van der Waals surface area contributed by atoms with E-state index < -0.39 is 0 Å². The summed E-state index contributed by atoms with van der Waals surface area (Å²) >= 11 is 3.15. The number of benzene rings is 5. The van der Waals surface area contributed by atoms with Crippen molar-refractivity contribution < 1.29 is 9.53 Å². The van der Waals surface area contributed by atoms with Gasteiger partial charge in [0.15, 0.2) is 0 Å². The third-order valence-corrected chi connectivity index (χ3v) is 13.4. The molecule has 2 heterocycles. The highest BCUT2D eigenvalue weighted by molar-refractivity contribution is 7.19. The van der Waals surface area contributed by atoms with Gasteiger partial charge in [-0.05, 0) is 89.2 Å². The third kappa shape index (κ3) is 8.10. The first-order valence-corrected chi connectivity index (χ1v) is 22.4. The molecule has 59 heavy (non-hydrogen) atoms. The summed E-state index contributed by atoms with van der Waals surface area (Å²) in [5.41, 5.74) is 13.4. The van der Waals surface area contributed by atoms with Crippen LogP contribution in [0, 0.1) is 11.3 Å². The van der Waals surface area contributed by atoms with E-state index in [0.717, 1.165) is 57.5 Å². The van der Waals surface area contributed by atoms with Gasteiger partial charge in [0.1, 0.15) is 17.1 Å². The SMILES string of the molecule is CCCCCCC1(CCCCCC)c2cc(N(c3ccccc3)c3ccccc3)ccc2-c2sc(-c3ccc(-c4ccc(/C=C(/C#N)OC=O)cc4)c4nsnc34)cc21. The van der Waals surface area contributed by atoms with Gasteiger partial charge in [-0.1, -0.05) is 144 Å². The van der Waals surface area contributed by atoms with Gasteiger partial charge < -0.3 is 9.64 Å². The van der Waals surface area contributed by atoms with Crippen molar-refractivity contribution in [3.63, 3.8) is 0 Å². The molecule has 8 rings (SSSR count). The first kappa shape index (κ1) is 39.9. The minimum absolute atomic E-state index is 0.0543.